The van der Waals surface area contributed by atoms with Gasteiger partial charge >= 0.3 is 5.97 Å². The zero-order chi connectivity index (χ0) is 15.6. The van der Waals surface area contributed by atoms with E-state index in [2.05, 4.69) is 11.3 Å². The number of halogens is 1. The first-order chi connectivity index (χ1) is 9.99. The number of nitrogen functional groups attached to an aromatic ring is 2. The summed E-state index contributed by atoms with van der Waals surface area (Å²) in [7, 11) is 0. The van der Waals surface area contributed by atoms with E-state index in [-0.39, 0.29) is 23.9 Å². The molecule has 1 aromatic carbocycles. The molecule has 4 N–H and O–H groups in total. The van der Waals surface area contributed by atoms with E-state index in [9.17, 15) is 9.18 Å². The van der Waals surface area contributed by atoms with Crippen LogP contribution in [0, 0.1) is 17.1 Å². The second-order valence-corrected chi connectivity index (χ2v) is 4.09. The maximum atomic E-state index is 13.6. The van der Waals surface area contributed by atoms with Crippen LogP contribution in [-0.4, -0.2) is 10.6 Å². The Labute approximate surface area is 121 Å². The van der Waals surface area contributed by atoms with E-state index in [0.717, 1.165) is 17.0 Å². The average Bonchev–Trinajstić information content (AvgIpc) is 2.79. The summed E-state index contributed by atoms with van der Waals surface area (Å²) in [6, 6.07) is 5.81. The van der Waals surface area contributed by atoms with E-state index in [1.165, 1.54) is 18.3 Å². The maximum absolute atomic E-state index is 13.6. The number of carbonyl (C=O) groups excluding carboxylic acids is 1. The number of rotatable bonds is 3. The highest BCUT2D eigenvalue weighted by atomic mass is 19.1. The van der Waals surface area contributed by atoms with E-state index < -0.39 is 11.8 Å². The number of esters is 1. The summed E-state index contributed by atoms with van der Waals surface area (Å²) >= 11 is 0. The van der Waals surface area contributed by atoms with E-state index >= 15 is 0 Å². The lowest BCUT2D eigenvalue weighted by atomic mass is 10.0. The van der Waals surface area contributed by atoms with Crippen LogP contribution in [0.3, 0.4) is 0 Å². The van der Waals surface area contributed by atoms with Crippen molar-refractivity contribution < 1.29 is 15.3 Å². The molecule has 0 aliphatic carbocycles. The number of carbonyl (C=O) groups is 1. The zero-order valence-electron chi connectivity index (χ0n) is 10.8. The largest absolute Gasteiger partial charge is 0.431 e. The summed E-state index contributed by atoms with van der Waals surface area (Å²) in [5, 5.41) is 9.17. The standard InChI is InChI=1S/C14H11FN4O2.H2/c1-2-21-14(20)9-7-19(18)12(6-16)13(9)8-3-4-11(17)10(15)5-8;/h2-5,7H,1,17-18H2;1H. The monoisotopic (exact) mass is 288 g/mol. The van der Waals surface area contributed by atoms with Gasteiger partial charge in [0, 0.05) is 13.2 Å². The molecule has 0 bridgehead atoms. The molecule has 0 saturated heterocycles. The maximum Gasteiger partial charge on any atom is 0.345 e. The Kier molecular flexibility index (Phi) is 3.63. The van der Waals surface area contributed by atoms with E-state index in [4.69, 9.17) is 16.8 Å². The van der Waals surface area contributed by atoms with Gasteiger partial charge in [0.1, 0.15) is 17.6 Å². The highest BCUT2D eigenvalue weighted by Gasteiger charge is 2.23. The minimum atomic E-state index is -0.752. The summed E-state index contributed by atoms with van der Waals surface area (Å²) < 4.78 is 19.3. The normalized spacial score (nSPS) is 9.90. The van der Waals surface area contributed by atoms with Crippen LogP contribution < -0.4 is 11.6 Å². The number of nitrogens with two attached hydrogens (primary N) is 2. The van der Waals surface area contributed by atoms with Crippen LogP contribution in [0.1, 0.15) is 17.5 Å². The van der Waals surface area contributed by atoms with Gasteiger partial charge in [-0.1, -0.05) is 12.6 Å². The molecule has 0 amide bonds. The fraction of sp³-hybridized carbons (Fsp3) is 0. The molecule has 0 atom stereocenters. The van der Waals surface area contributed by atoms with Gasteiger partial charge in [0.15, 0.2) is 0 Å². The van der Waals surface area contributed by atoms with Crippen molar-refractivity contribution >= 4 is 11.7 Å². The van der Waals surface area contributed by atoms with Gasteiger partial charge in [0.2, 0.25) is 0 Å². The van der Waals surface area contributed by atoms with Crippen LogP contribution in [0.25, 0.3) is 11.1 Å². The average molecular weight is 288 g/mol. The van der Waals surface area contributed by atoms with Crippen molar-refractivity contribution in [1.29, 1.82) is 5.26 Å². The molecule has 1 heterocycles. The number of nitriles is 1. The molecule has 0 unspecified atom stereocenters. The Hall–Kier alpha value is -3.27. The first-order valence-electron chi connectivity index (χ1n) is 5.77. The van der Waals surface area contributed by atoms with Crippen LogP contribution in [0.15, 0.2) is 37.2 Å². The number of anilines is 1. The summed E-state index contributed by atoms with van der Waals surface area (Å²) in [6.07, 6.45) is 2.18. The molecule has 0 fully saturated rings. The van der Waals surface area contributed by atoms with Crippen LogP contribution in [0.5, 0.6) is 0 Å². The van der Waals surface area contributed by atoms with Crippen molar-refractivity contribution in [2.45, 2.75) is 0 Å². The van der Waals surface area contributed by atoms with Gasteiger partial charge < -0.3 is 16.3 Å². The molecule has 0 spiro atoms. The molecule has 0 aliphatic heterocycles. The molecule has 21 heavy (non-hydrogen) atoms. The summed E-state index contributed by atoms with van der Waals surface area (Å²) in [5.41, 5.74) is 5.86. The molecule has 6 nitrogen and oxygen atoms in total. The highest BCUT2D eigenvalue weighted by Crippen LogP contribution is 2.30. The van der Waals surface area contributed by atoms with Crippen molar-refractivity contribution in [2.24, 2.45) is 0 Å². The second kappa shape index (κ2) is 5.38. The van der Waals surface area contributed by atoms with Crippen LogP contribution in [0.4, 0.5) is 10.1 Å². The predicted molar refractivity (Wildman–Crippen MR) is 76.8 cm³/mol. The van der Waals surface area contributed by atoms with Crippen LogP contribution in [0.2, 0.25) is 0 Å². The van der Waals surface area contributed by atoms with E-state index in [1.807, 2.05) is 6.07 Å². The Morgan fingerprint density at radius 2 is 2.29 bits per heavy atom. The molecule has 2 rings (SSSR count). The lowest BCUT2D eigenvalue weighted by Crippen LogP contribution is -2.08. The Balaban J connectivity index is 0.00000242. The molecule has 0 radical (unpaired) electrons. The van der Waals surface area contributed by atoms with Gasteiger partial charge in [-0.05, 0) is 17.7 Å². The van der Waals surface area contributed by atoms with Crippen LogP contribution in [-0.2, 0) is 4.74 Å². The first kappa shape index (κ1) is 14.1. The fourth-order valence-corrected chi connectivity index (χ4v) is 1.91. The van der Waals surface area contributed by atoms with E-state index in [0.29, 0.717) is 5.56 Å². The SMILES string of the molecule is C=COC(=O)c1cn(N)c(C#N)c1-c1ccc(N)c(F)c1.[HH]. The topological polar surface area (TPSA) is 107 Å². The lowest BCUT2D eigenvalue weighted by Gasteiger charge is -2.05. The van der Waals surface area contributed by atoms with Crippen molar-refractivity contribution in [2.75, 3.05) is 11.6 Å². The number of benzene rings is 1. The third-order valence-corrected chi connectivity index (χ3v) is 2.84. The highest BCUT2D eigenvalue weighted by molar-refractivity contribution is 5.99. The quantitative estimate of drug-likeness (QED) is 0.389. The second-order valence-electron chi connectivity index (χ2n) is 4.09. The number of nitrogens with zero attached hydrogens (tertiary/aromatic N) is 2. The number of hydrogen-bond acceptors (Lipinski definition) is 5. The van der Waals surface area contributed by atoms with Crippen molar-refractivity contribution in [1.82, 2.24) is 4.68 Å². The minimum Gasteiger partial charge on any atom is -0.431 e. The predicted octanol–water partition coefficient (Wildman–Crippen LogP) is 2.01. The summed E-state index contributed by atoms with van der Waals surface area (Å²) in [5.74, 6) is 4.22. The molecule has 2 aromatic rings. The van der Waals surface area contributed by atoms with Gasteiger partial charge in [-0.25, -0.2) is 9.18 Å². The molecular weight excluding hydrogens is 275 g/mol. The smallest absolute Gasteiger partial charge is 0.345 e. The molecular formula is C14H13FN4O2. The Bertz CT molecular complexity index is 780. The number of ether oxygens (including phenoxy) is 1. The molecule has 0 saturated carbocycles. The van der Waals surface area contributed by atoms with Gasteiger partial charge in [-0.15, -0.1) is 0 Å². The van der Waals surface area contributed by atoms with Crippen molar-refractivity contribution in [3.8, 4) is 17.2 Å². The third-order valence-electron chi connectivity index (χ3n) is 2.84. The lowest BCUT2D eigenvalue weighted by molar-refractivity contribution is 0.0665. The van der Waals surface area contributed by atoms with Gasteiger partial charge in [-0.3, -0.25) is 4.68 Å². The van der Waals surface area contributed by atoms with E-state index in [1.54, 1.807) is 0 Å². The molecule has 7 heteroatoms. The first-order valence-corrected chi connectivity index (χ1v) is 5.77. The zero-order valence-corrected chi connectivity index (χ0v) is 10.8. The molecule has 108 valence electrons. The summed E-state index contributed by atoms with van der Waals surface area (Å²) in [6.45, 7) is 3.28. The van der Waals surface area contributed by atoms with Crippen molar-refractivity contribution in [3.05, 3.63) is 54.3 Å². The fourth-order valence-electron chi connectivity index (χ4n) is 1.91. The van der Waals surface area contributed by atoms with Crippen molar-refractivity contribution in [3.63, 3.8) is 0 Å². The number of aromatic nitrogens is 1. The third kappa shape index (κ3) is 2.42. The Morgan fingerprint density at radius 1 is 1.57 bits per heavy atom. The van der Waals surface area contributed by atoms with Gasteiger partial charge in [-0.2, -0.15) is 5.26 Å². The van der Waals surface area contributed by atoms with Crippen LogP contribution >= 0.6 is 0 Å². The van der Waals surface area contributed by atoms with Gasteiger partial charge in [0.25, 0.3) is 0 Å². The minimum absolute atomic E-state index is 0. The summed E-state index contributed by atoms with van der Waals surface area (Å²) in [4.78, 5) is 11.9. The van der Waals surface area contributed by atoms with Gasteiger partial charge in [0.05, 0.1) is 17.5 Å². The Morgan fingerprint density at radius 3 is 2.86 bits per heavy atom. The number of hydrogen-bond donors (Lipinski definition) is 2. The molecule has 0 aliphatic rings. The molecule has 1 aromatic heterocycles.